The number of benzene rings is 3. The molecule has 0 saturated carbocycles. The minimum Gasteiger partial charge on any atom is -0.321 e. The molecule has 1 heterocycles. The maximum absolute atomic E-state index is 13.3. The maximum Gasteiger partial charge on any atom is 0.265 e. The molecular weight excluding hydrogens is 464 g/mol. The van der Waals surface area contributed by atoms with E-state index in [-0.39, 0.29) is 10.8 Å². The second-order valence-electron chi connectivity index (χ2n) is 8.54. The zero-order chi connectivity index (χ0) is 24.6. The molecule has 3 aromatic carbocycles. The Morgan fingerprint density at radius 1 is 0.882 bits per heavy atom. The molecule has 0 aliphatic heterocycles. The Morgan fingerprint density at radius 2 is 1.53 bits per heavy atom. The standard InChI is InChI=1S/C27H28N2O3S2/c1-6-29(34(31,32)23-10-7-17(2)8-11-23)22-9-12-24-21(15-22)16-25(33-24)27(30)28-26-19(4)13-18(3)14-20(26)5/h7-16H,6H2,1-5H3,(H,28,30). The van der Waals surface area contributed by atoms with Crippen LogP contribution in [0.2, 0.25) is 0 Å². The molecule has 0 spiro atoms. The van der Waals surface area contributed by atoms with Crippen LogP contribution in [0.15, 0.2) is 65.6 Å². The van der Waals surface area contributed by atoms with Crippen molar-refractivity contribution >= 4 is 48.7 Å². The van der Waals surface area contributed by atoms with E-state index in [9.17, 15) is 13.2 Å². The number of sulfonamides is 1. The van der Waals surface area contributed by atoms with Crippen LogP contribution < -0.4 is 9.62 Å². The molecule has 0 saturated heterocycles. The summed E-state index contributed by atoms with van der Waals surface area (Å²) in [5, 5.41) is 3.88. The first-order valence-corrected chi connectivity index (χ1v) is 13.4. The van der Waals surface area contributed by atoms with E-state index in [2.05, 4.69) is 5.32 Å². The lowest BCUT2D eigenvalue weighted by Gasteiger charge is -2.23. The number of aryl methyl sites for hydroxylation is 4. The van der Waals surface area contributed by atoms with Gasteiger partial charge in [0.1, 0.15) is 0 Å². The molecule has 5 nitrogen and oxygen atoms in total. The highest BCUT2D eigenvalue weighted by Crippen LogP contribution is 2.33. The summed E-state index contributed by atoms with van der Waals surface area (Å²) in [4.78, 5) is 13.9. The molecule has 4 aromatic rings. The number of fused-ring (bicyclic) bond motifs is 1. The average molecular weight is 493 g/mol. The van der Waals surface area contributed by atoms with Gasteiger partial charge in [-0.1, -0.05) is 35.4 Å². The SMILES string of the molecule is CCN(c1ccc2sc(C(=O)Nc3c(C)cc(C)cc3C)cc2c1)S(=O)(=O)c1ccc(C)cc1. The summed E-state index contributed by atoms with van der Waals surface area (Å²) in [5.41, 5.74) is 5.61. The summed E-state index contributed by atoms with van der Waals surface area (Å²) in [6.07, 6.45) is 0. The van der Waals surface area contributed by atoms with E-state index in [1.54, 1.807) is 30.3 Å². The second-order valence-corrected chi connectivity index (χ2v) is 11.5. The number of hydrogen-bond donors (Lipinski definition) is 1. The molecule has 0 fully saturated rings. The zero-order valence-corrected chi connectivity index (χ0v) is 21.6. The molecule has 1 N–H and O–H groups in total. The van der Waals surface area contributed by atoms with E-state index >= 15 is 0 Å². The molecule has 1 amide bonds. The first-order chi connectivity index (χ1) is 16.1. The van der Waals surface area contributed by atoms with Crippen molar-refractivity contribution in [2.24, 2.45) is 0 Å². The number of hydrogen-bond acceptors (Lipinski definition) is 4. The van der Waals surface area contributed by atoms with Gasteiger partial charge in [-0.3, -0.25) is 9.10 Å². The Balaban J connectivity index is 1.65. The van der Waals surface area contributed by atoms with Crippen molar-refractivity contribution in [3.63, 3.8) is 0 Å². The van der Waals surface area contributed by atoms with Crippen molar-refractivity contribution in [2.45, 2.75) is 39.5 Å². The summed E-state index contributed by atoms with van der Waals surface area (Å²) in [7, 11) is -3.70. The zero-order valence-electron chi connectivity index (χ0n) is 20.0. The predicted molar refractivity (Wildman–Crippen MR) is 142 cm³/mol. The van der Waals surface area contributed by atoms with Crippen molar-refractivity contribution in [1.82, 2.24) is 0 Å². The van der Waals surface area contributed by atoms with E-state index in [1.165, 1.54) is 15.6 Å². The van der Waals surface area contributed by atoms with Crippen LogP contribution in [0.4, 0.5) is 11.4 Å². The predicted octanol–water partition coefficient (Wildman–Crippen LogP) is 6.60. The van der Waals surface area contributed by atoms with E-state index in [0.29, 0.717) is 17.1 Å². The van der Waals surface area contributed by atoms with Crippen LogP contribution in [0.1, 0.15) is 38.8 Å². The third kappa shape index (κ3) is 4.58. The van der Waals surface area contributed by atoms with Gasteiger partial charge >= 0.3 is 0 Å². The summed E-state index contributed by atoms with van der Waals surface area (Å²) < 4.78 is 28.9. The highest BCUT2D eigenvalue weighted by atomic mass is 32.2. The van der Waals surface area contributed by atoms with Gasteiger partial charge in [0, 0.05) is 16.9 Å². The average Bonchev–Trinajstić information content (AvgIpc) is 3.20. The van der Waals surface area contributed by atoms with Crippen LogP contribution in [0.25, 0.3) is 10.1 Å². The van der Waals surface area contributed by atoms with Crippen LogP contribution in [-0.2, 0) is 10.0 Å². The van der Waals surface area contributed by atoms with E-state index in [0.717, 1.165) is 38.0 Å². The molecular formula is C27H28N2O3S2. The molecule has 176 valence electrons. The van der Waals surface area contributed by atoms with Gasteiger partial charge in [0.25, 0.3) is 15.9 Å². The van der Waals surface area contributed by atoms with Gasteiger partial charge in [-0.2, -0.15) is 0 Å². The van der Waals surface area contributed by atoms with Gasteiger partial charge in [0.05, 0.1) is 15.5 Å². The first kappa shape index (κ1) is 24.0. The molecule has 0 radical (unpaired) electrons. The van der Waals surface area contributed by atoms with Crippen LogP contribution in [0.3, 0.4) is 0 Å². The first-order valence-electron chi connectivity index (χ1n) is 11.1. The van der Waals surface area contributed by atoms with Crippen LogP contribution in [0, 0.1) is 27.7 Å². The maximum atomic E-state index is 13.3. The molecule has 0 unspecified atom stereocenters. The van der Waals surface area contributed by atoms with Crippen molar-refractivity contribution in [3.05, 3.63) is 87.8 Å². The van der Waals surface area contributed by atoms with Crippen molar-refractivity contribution in [1.29, 1.82) is 0 Å². The van der Waals surface area contributed by atoms with Gasteiger partial charge in [-0.15, -0.1) is 11.3 Å². The molecule has 4 rings (SSSR count). The summed E-state index contributed by atoms with van der Waals surface area (Å²) >= 11 is 1.39. The minimum atomic E-state index is -3.70. The number of amides is 1. The molecule has 0 aliphatic rings. The fourth-order valence-electron chi connectivity index (χ4n) is 4.18. The summed E-state index contributed by atoms with van der Waals surface area (Å²) in [5.74, 6) is -0.169. The summed E-state index contributed by atoms with van der Waals surface area (Å²) in [6.45, 7) is 10.0. The minimum absolute atomic E-state index is 0.169. The Labute approximate surface area is 205 Å². The number of carbonyl (C=O) groups is 1. The van der Waals surface area contributed by atoms with Crippen molar-refractivity contribution in [2.75, 3.05) is 16.2 Å². The van der Waals surface area contributed by atoms with Crippen LogP contribution >= 0.6 is 11.3 Å². The van der Waals surface area contributed by atoms with Crippen LogP contribution in [0.5, 0.6) is 0 Å². The normalized spacial score (nSPS) is 11.6. The fraction of sp³-hybridized carbons (Fsp3) is 0.222. The lowest BCUT2D eigenvalue weighted by atomic mass is 10.1. The fourth-order valence-corrected chi connectivity index (χ4v) is 6.58. The van der Waals surface area contributed by atoms with Gasteiger partial charge < -0.3 is 5.32 Å². The lowest BCUT2D eigenvalue weighted by molar-refractivity contribution is 0.103. The molecule has 0 atom stereocenters. The number of carbonyl (C=O) groups excluding carboxylic acids is 1. The van der Waals surface area contributed by atoms with Gasteiger partial charge in [-0.25, -0.2) is 8.42 Å². The number of rotatable bonds is 6. The Kier molecular flexibility index (Phi) is 6.51. The number of nitrogens with one attached hydrogen (secondary N) is 1. The van der Waals surface area contributed by atoms with Gasteiger partial charge in [-0.05, 0) is 87.5 Å². The smallest absolute Gasteiger partial charge is 0.265 e. The van der Waals surface area contributed by atoms with Gasteiger partial charge in [0.2, 0.25) is 0 Å². The van der Waals surface area contributed by atoms with Gasteiger partial charge in [0.15, 0.2) is 0 Å². The molecule has 34 heavy (non-hydrogen) atoms. The highest BCUT2D eigenvalue weighted by molar-refractivity contribution is 7.92. The Morgan fingerprint density at radius 3 is 2.15 bits per heavy atom. The Hall–Kier alpha value is -3.16. The molecule has 7 heteroatoms. The van der Waals surface area contributed by atoms with Crippen LogP contribution in [-0.4, -0.2) is 20.9 Å². The Bertz CT molecular complexity index is 1460. The van der Waals surface area contributed by atoms with E-state index < -0.39 is 10.0 Å². The molecule has 0 aliphatic carbocycles. The third-order valence-electron chi connectivity index (χ3n) is 5.82. The monoisotopic (exact) mass is 492 g/mol. The largest absolute Gasteiger partial charge is 0.321 e. The quantitative estimate of drug-likeness (QED) is 0.330. The van der Waals surface area contributed by atoms with Crippen molar-refractivity contribution < 1.29 is 13.2 Å². The van der Waals surface area contributed by atoms with Crippen molar-refractivity contribution in [3.8, 4) is 0 Å². The topological polar surface area (TPSA) is 66.5 Å². The second kappa shape index (κ2) is 9.24. The third-order valence-corrected chi connectivity index (χ3v) is 8.86. The number of nitrogens with zero attached hydrogens (tertiary/aromatic N) is 1. The number of anilines is 2. The van der Waals surface area contributed by atoms with E-state index in [1.807, 2.05) is 65.0 Å². The summed E-state index contributed by atoms with van der Waals surface area (Å²) in [6, 6.07) is 18.3. The van der Waals surface area contributed by atoms with E-state index in [4.69, 9.17) is 0 Å². The molecule has 0 bridgehead atoms. The lowest BCUT2D eigenvalue weighted by Crippen LogP contribution is -2.30. The number of thiophene rings is 1. The highest BCUT2D eigenvalue weighted by Gasteiger charge is 2.24. The molecule has 1 aromatic heterocycles.